The van der Waals surface area contributed by atoms with Gasteiger partial charge in [-0.05, 0) is 19.4 Å². The molecule has 0 aromatic rings. The van der Waals surface area contributed by atoms with Crippen molar-refractivity contribution in [1.29, 1.82) is 0 Å². The summed E-state index contributed by atoms with van der Waals surface area (Å²) in [6.45, 7) is 6.90. The van der Waals surface area contributed by atoms with E-state index in [-0.39, 0.29) is 11.5 Å². The lowest BCUT2D eigenvalue weighted by Gasteiger charge is -2.05. The Bertz CT molecular complexity index is 240. The van der Waals surface area contributed by atoms with Crippen molar-refractivity contribution in [2.24, 2.45) is 0 Å². The highest BCUT2D eigenvalue weighted by Gasteiger charge is 2.05. The highest BCUT2D eigenvalue weighted by molar-refractivity contribution is 7.91. The van der Waals surface area contributed by atoms with Gasteiger partial charge in [-0.25, -0.2) is 8.42 Å². The summed E-state index contributed by atoms with van der Waals surface area (Å²) in [5.74, 6) is 0.528. The third-order valence-corrected chi connectivity index (χ3v) is 4.10. The van der Waals surface area contributed by atoms with E-state index in [0.717, 1.165) is 32.5 Å². The first-order valence-corrected chi connectivity index (χ1v) is 7.93. The van der Waals surface area contributed by atoms with Crippen LogP contribution in [0, 0.1) is 0 Å². The second-order valence-corrected chi connectivity index (χ2v) is 6.28. The predicted molar refractivity (Wildman–Crippen MR) is 67.5 cm³/mol. The molecule has 0 aliphatic rings. The lowest BCUT2D eigenvalue weighted by Crippen LogP contribution is -2.23. The van der Waals surface area contributed by atoms with Crippen LogP contribution in [-0.2, 0) is 14.6 Å². The highest BCUT2D eigenvalue weighted by atomic mass is 32.2. The van der Waals surface area contributed by atoms with Crippen molar-refractivity contribution in [3.8, 4) is 0 Å². The fourth-order valence-corrected chi connectivity index (χ4v) is 2.05. The van der Waals surface area contributed by atoms with Crippen LogP contribution in [0.3, 0.4) is 0 Å². The SMILES string of the molecule is CCCCOCCNCCCS(=O)(=O)CC. The first-order valence-electron chi connectivity index (χ1n) is 6.11. The molecular weight excluding hydrogens is 226 g/mol. The maximum absolute atomic E-state index is 11.2. The first-order chi connectivity index (χ1) is 7.62. The molecule has 0 unspecified atom stereocenters. The van der Waals surface area contributed by atoms with E-state index in [1.807, 2.05) is 0 Å². The van der Waals surface area contributed by atoms with E-state index in [2.05, 4.69) is 12.2 Å². The molecule has 0 saturated carbocycles. The summed E-state index contributed by atoms with van der Waals surface area (Å²) < 4.78 is 27.7. The van der Waals surface area contributed by atoms with E-state index in [4.69, 9.17) is 4.74 Å². The van der Waals surface area contributed by atoms with Crippen LogP contribution < -0.4 is 5.32 Å². The summed E-state index contributed by atoms with van der Waals surface area (Å²) in [6.07, 6.45) is 2.95. The van der Waals surface area contributed by atoms with Crippen molar-refractivity contribution >= 4 is 9.84 Å². The quantitative estimate of drug-likeness (QED) is 0.561. The van der Waals surface area contributed by atoms with Crippen LogP contribution >= 0.6 is 0 Å². The summed E-state index contributed by atoms with van der Waals surface area (Å²) in [5, 5.41) is 3.17. The van der Waals surface area contributed by atoms with E-state index in [9.17, 15) is 8.42 Å². The first kappa shape index (κ1) is 15.9. The van der Waals surface area contributed by atoms with E-state index < -0.39 is 9.84 Å². The Hall–Kier alpha value is -0.130. The molecule has 0 saturated heterocycles. The minimum atomic E-state index is -2.80. The predicted octanol–water partition coefficient (Wildman–Crippen LogP) is 1.22. The number of ether oxygens (including phenoxy) is 1. The molecule has 4 nitrogen and oxygen atoms in total. The smallest absolute Gasteiger partial charge is 0.150 e. The standard InChI is InChI=1S/C11H25NO3S/c1-3-5-9-15-10-8-12-7-6-11-16(13,14)4-2/h12H,3-11H2,1-2H3. The molecule has 98 valence electrons. The van der Waals surface area contributed by atoms with Gasteiger partial charge in [-0.3, -0.25) is 0 Å². The van der Waals surface area contributed by atoms with E-state index in [1.54, 1.807) is 6.92 Å². The summed E-state index contributed by atoms with van der Waals surface area (Å²) in [6, 6.07) is 0. The molecule has 5 heteroatoms. The number of hydrogen-bond acceptors (Lipinski definition) is 4. The van der Waals surface area contributed by atoms with Crippen molar-refractivity contribution in [1.82, 2.24) is 5.32 Å². The lowest BCUT2D eigenvalue weighted by atomic mass is 10.4. The zero-order valence-electron chi connectivity index (χ0n) is 10.5. The van der Waals surface area contributed by atoms with Gasteiger partial charge in [0.25, 0.3) is 0 Å². The minimum Gasteiger partial charge on any atom is -0.380 e. The molecule has 1 N–H and O–H groups in total. The van der Waals surface area contributed by atoms with Gasteiger partial charge in [0.05, 0.1) is 12.4 Å². The third-order valence-electron chi connectivity index (χ3n) is 2.31. The Balaban J connectivity index is 3.16. The van der Waals surface area contributed by atoms with Gasteiger partial charge in [-0.15, -0.1) is 0 Å². The molecule has 0 aromatic carbocycles. The molecule has 0 aliphatic carbocycles. The summed E-state index contributed by atoms with van der Waals surface area (Å²) in [7, 11) is -2.80. The number of unbranched alkanes of at least 4 members (excludes halogenated alkanes) is 1. The van der Waals surface area contributed by atoms with E-state index in [0.29, 0.717) is 13.0 Å². The molecular formula is C11H25NO3S. The number of rotatable bonds is 11. The van der Waals surface area contributed by atoms with Gasteiger partial charge >= 0.3 is 0 Å². The van der Waals surface area contributed by atoms with Crippen molar-refractivity contribution < 1.29 is 13.2 Å². The average Bonchev–Trinajstić information content (AvgIpc) is 2.27. The van der Waals surface area contributed by atoms with Crippen LogP contribution in [0.25, 0.3) is 0 Å². The summed E-state index contributed by atoms with van der Waals surface area (Å²) >= 11 is 0. The van der Waals surface area contributed by atoms with Gasteiger partial charge in [0, 0.05) is 18.9 Å². The van der Waals surface area contributed by atoms with Crippen LogP contribution in [0.5, 0.6) is 0 Å². The Kier molecular flexibility index (Phi) is 9.97. The molecule has 0 atom stereocenters. The molecule has 16 heavy (non-hydrogen) atoms. The molecule has 0 aromatic heterocycles. The monoisotopic (exact) mass is 251 g/mol. The largest absolute Gasteiger partial charge is 0.380 e. The normalized spacial score (nSPS) is 11.9. The summed E-state index contributed by atoms with van der Waals surface area (Å²) in [5.41, 5.74) is 0. The van der Waals surface area contributed by atoms with E-state index >= 15 is 0 Å². The minimum absolute atomic E-state index is 0.243. The van der Waals surface area contributed by atoms with Crippen LogP contribution in [0.15, 0.2) is 0 Å². The van der Waals surface area contributed by atoms with Gasteiger partial charge in [-0.2, -0.15) is 0 Å². The Labute approximate surface area is 99.7 Å². The van der Waals surface area contributed by atoms with Gasteiger partial charge in [0.1, 0.15) is 9.84 Å². The molecule has 0 amide bonds. The van der Waals surface area contributed by atoms with Crippen LogP contribution in [0.4, 0.5) is 0 Å². The topological polar surface area (TPSA) is 55.4 Å². The fourth-order valence-electron chi connectivity index (χ4n) is 1.18. The van der Waals surface area contributed by atoms with E-state index in [1.165, 1.54) is 0 Å². The van der Waals surface area contributed by atoms with Crippen LogP contribution in [0.1, 0.15) is 33.1 Å². The van der Waals surface area contributed by atoms with Gasteiger partial charge in [0.2, 0.25) is 0 Å². The maximum Gasteiger partial charge on any atom is 0.150 e. The Morgan fingerprint density at radius 1 is 1.06 bits per heavy atom. The molecule has 0 aliphatic heterocycles. The van der Waals surface area contributed by atoms with Crippen LogP contribution in [-0.4, -0.2) is 46.2 Å². The second-order valence-electron chi connectivity index (χ2n) is 3.81. The number of hydrogen-bond donors (Lipinski definition) is 1. The van der Waals surface area contributed by atoms with Crippen molar-refractivity contribution in [2.75, 3.05) is 37.8 Å². The average molecular weight is 251 g/mol. The second kappa shape index (κ2) is 10.1. The molecule has 0 rings (SSSR count). The number of sulfone groups is 1. The molecule has 0 spiro atoms. The summed E-state index contributed by atoms with van der Waals surface area (Å²) in [4.78, 5) is 0. The molecule has 0 heterocycles. The van der Waals surface area contributed by atoms with Gasteiger partial charge < -0.3 is 10.1 Å². The fraction of sp³-hybridized carbons (Fsp3) is 1.00. The van der Waals surface area contributed by atoms with Crippen molar-refractivity contribution in [3.05, 3.63) is 0 Å². The molecule has 0 fully saturated rings. The number of nitrogens with one attached hydrogen (secondary N) is 1. The molecule has 0 bridgehead atoms. The maximum atomic E-state index is 11.2. The zero-order valence-corrected chi connectivity index (χ0v) is 11.3. The molecule has 0 radical (unpaired) electrons. The van der Waals surface area contributed by atoms with Gasteiger partial charge in [0.15, 0.2) is 0 Å². The van der Waals surface area contributed by atoms with Gasteiger partial charge in [-0.1, -0.05) is 20.3 Å². The highest BCUT2D eigenvalue weighted by Crippen LogP contribution is 1.92. The zero-order chi connectivity index (χ0) is 12.3. The van der Waals surface area contributed by atoms with Crippen LogP contribution in [0.2, 0.25) is 0 Å². The Morgan fingerprint density at radius 2 is 1.81 bits per heavy atom. The third kappa shape index (κ3) is 10.4. The van der Waals surface area contributed by atoms with Crippen molar-refractivity contribution in [2.45, 2.75) is 33.1 Å². The van der Waals surface area contributed by atoms with Crippen molar-refractivity contribution in [3.63, 3.8) is 0 Å². The lowest BCUT2D eigenvalue weighted by molar-refractivity contribution is 0.133. The Morgan fingerprint density at radius 3 is 2.44 bits per heavy atom.